The molecule has 0 atom stereocenters. The van der Waals surface area contributed by atoms with Crippen molar-refractivity contribution < 1.29 is 0 Å². The van der Waals surface area contributed by atoms with Gasteiger partial charge in [-0.3, -0.25) is 0 Å². The molecule has 3 nitrogen and oxygen atoms in total. The van der Waals surface area contributed by atoms with Gasteiger partial charge in [0.1, 0.15) is 5.82 Å². The lowest BCUT2D eigenvalue weighted by Gasteiger charge is -2.07. The zero-order chi connectivity index (χ0) is 8.27. The molecule has 0 aromatic carbocycles. The summed E-state index contributed by atoms with van der Waals surface area (Å²) in [6.45, 7) is 2.78. The molecule has 0 saturated carbocycles. The Hall–Kier alpha value is -0.960. The first-order chi connectivity index (χ1) is 5.18. The number of nitrogens with zero attached hydrogens (tertiary/aromatic N) is 3. The predicted molar refractivity (Wildman–Crippen MR) is 44.2 cm³/mol. The molecule has 0 radical (unpaired) electrons. The van der Waals surface area contributed by atoms with E-state index in [2.05, 4.69) is 14.9 Å². The molecule has 3 heteroatoms. The Morgan fingerprint density at radius 2 is 2.18 bits per heavy atom. The van der Waals surface area contributed by atoms with Crippen LogP contribution in [-0.2, 0) is 6.54 Å². The summed E-state index contributed by atoms with van der Waals surface area (Å²) in [5.74, 6) is 0.884. The highest BCUT2D eigenvalue weighted by Gasteiger charge is 1.96. The maximum Gasteiger partial charge on any atom is 0.142 e. The molecule has 60 valence electrons. The van der Waals surface area contributed by atoms with E-state index in [1.165, 1.54) is 0 Å². The molecular formula is C8H13N3. The zero-order valence-corrected chi connectivity index (χ0v) is 7.20. The first-order valence-electron chi connectivity index (χ1n) is 3.62. The molecule has 0 bridgehead atoms. The van der Waals surface area contributed by atoms with Crippen LogP contribution in [-0.4, -0.2) is 29.0 Å². The highest BCUT2D eigenvalue weighted by molar-refractivity contribution is 4.99. The summed E-state index contributed by atoms with van der Waals surface area (Å²) in [5.41, 5.74) is 1.02. The summed E-state index contributed by atoms with van der Waals surface area (Å²) >= 11 is 0. The van der Waals surface area contributed by atoms with Gasteiger partial charge in [0.05, 0.1) is 6.54 Å². The number of rotatable bonds is 2. The first kappa shape index (κ1) is 8.14. The van der Waals surface area contributed by atoms with Crippen LogP contribution in [0.25, 0.3) is 0 Å². The molecule has 1 rings (SSSR count). The number of aromatic nitrogens is 2. The second kappa shape index (κ2) is 3.44. The molecular weight excluding hydrogens is 138 g/mol. The van der Waals surface area contributed by atoms with Crippen LogP contribution in [0.2, 0.25) is 0 Å². The van der Waals surface area contributed by atoms with Crippen molar-refractivity contribution in [2.45, 2.75) is 13.5 Å². The summed E-state index contributed by atoms with van der Waals surface area (Å²) in [5, 5.41) is 0. The number of hydrogen-bond donors (Lipinski definition) is 0. The van der Waals surface area contributed by atoms with Crippen LogP contribution in [0.3, 0.4) is 0 Å². The average molecular weight is 151 g/mol. The Kier molecular flexibility index (Phi) is 2.54. The summed E-state index contributed by atoms with van der Waals surface area (Å²) in [6, 6.07) is 1.90. The van der Waals surface area contributed by atoms with Gasteiger partial charge in [0.15, 0.2) is 0 Å². The van der Waals surface area contributed by atoms with E-state index >= 15 is 0 Å². The summed E-state index contributed by atoms with van der Waals surface area (Å²) in [7, 11) is 4.01. The van der Waals surface area contributed by atoms with Gasteiger partial charge in [0.2, 0.25) is 0 Å². The normalized spacial score (nSPS) is 10.5. The minimum Gasteiger partial charge on any atom is -0.302 e. The summed E-state index contributed by atoms with van der Waals surface area (Å²) < 4.78 is 0. The predicted octanol–water partition coefficient (Wildman–Crippen LogP) is 0.847. The van der Waals surface area contributed by atoms with Crippen LogP contribution in [0.15, 0.2) is 12.3 Å². The Morgan fingerprint density at radius 1 is 1.45 bits per heavy atom. The van der Waals surface area contributed by atoms with Crippen LogP contribution in [0, 0.1) is 6.92 Å². The van der Waals surface area contributed by atoms with E-state index in [4.69, 9.17) is 0 Å². The average Bonchev–Trinajstić information content (AvgIpc) is 1.85. The third-order valence-electron chi connectivity index (χ3n) is 1.30. The van der Waals surface area contributed by atoms with Crippen molar-refractivity contribution in [1.29, 1.82) is 0 Å². The van der Waals surface area contributed by atoms with Crippen molar-refractivity contribution in [2.24, 2.45) is 0 Å². The van der Waals surface area contributed by atoms with Crippen molar-refractivity contribution in [2.75, 3.05) is 14.1 Å². The maximum absolute atomic E-state index is 4.26. The first-order valence-corrected chi connectivity index (χ1v) is 3.62. The highest BCUT2D eigenvalue weighted by Crippen LogP contribution is 1.95. The molecule has 1 aromatic heterocycles. The second-order valence-electron chi connectivity index (χ2n) is 2.85. The molecule has 0 amide bonds. The van der Waals surface area contributed by atoms with E-state index in [9.17, 15) is 0 Å². The van der Waals surface area contributed by atoms with Gasteiger partial charge < -0.3 is 4.90 Å². The molecule has 0 saturated heterocycles. The minimum atomic E-state index is 0.807. The fourth-order valence-corrected chi connectivity index (χ4v) is 0.860. The lowest BCUT2D eigenvalue weighted by molar-refractivity contribution is 0.390. The van der Waals surface area contributed by atoms with Crippen LogP contribution in [0.1, 0.15) is 11.5 Å². The van der Waals surface area contributed by atoms with E-state index in [0.29, 0.717) is 0 Å². The van der Waals surface area contributed by atoms with Crippen LogP contribution < -0.4 is 0 Å². The minimum absolute atomic E-state index is 0.807. The largest absolute Gasteiger partial charge is 0.302 e. The molecule has 1 heterocycles. The third kappa shape index (κ3) is 2.63. The molecule has 1 aromatic rings. The SMILES string of the molecule is Cc1ccnc(CN(C)C)n1. The molecule has 0 fully saturated rings. The van der Waals surface area contributed by atoms with Crippen molar-refractivity contribution in [1.82, 2.24) is 14.9 Å². The van der Waals surface area contributed by atoms with Gasteiger partial charge in [0.25, 0.3) is 0 Å². The van der Waals surface area contributed by atoms with Crippen molar-refractivity contribution in [3.05, 3.63) is 23.8 Å². The Balaban J connectivity index is 2.71. The van der Waals surface area contributed by atoms with E-state index in [1.807, 2.05) is 27.1 Å². The van der Waals surface area contributed by atoms with Crippen molar-refractivity contribution in [3.63, 3.8) is 0 Å². The monoisotopic (exact) mass is 151 g/mol. The van der Waals surface area contributed by atoms with E-state index in [0.717, 1.165) is 18.1 Å². The lowest BCUT2D eigenvalue weighted by Crippen LogP contribution is -2.13. The Bertz CT molecular complexity index is 233. The van der Waals surface area contributed by atoms with Gasteiger partial charge in [-0.2, -0.15) is 0 Å². The van der Waals surface area contributed by atoms with Crippen molar-refractivity contribution >= 4 is 0 Å². The molecule has 0 aliphatic heterocycles. The van der Waals surface area contributed by atoms with Crippen LogP contribution in [0.4, 0.5) is 0 Å². The number of aryl methyl sites for hydroxylation is 1. The standard InChI is InChI=1S/C8H13N3/c1-7-4-5-9-8(10-7)6-11(2)3/h4-5H,6H2,1-3H3. The van der Waals surface area contributed by atoms with Gasteiger partial charge in [-0.1, -0.05) is 0 Å². The summed E-state index contributed by atoms with van der Waals surface area (Å²) in [6.07, 6.45) is 1.79. The van der Waals surface area contributed by atoms with E-state index in [1.54, 1.807) is 6.20 Å². The second-order valence-corrected chi connectivity index (χ2v) is 2.85. The topological polar surface area (TPSA) is 29.0 Å². The molecule has 0 aliphatic rings. The molecule has 0 spiro atoms. The van der Waals surface area contributed by atoms with Gasteiger partial charge in [-0.05, 0) is 27.1 Å². The van der Waals surface area contributed by atoms with Crippen LogP contribution >= 0.6 is 0 Å². The fourth-order valence-electron chi connectivity index (χ4n) is 0.860. The molecule has 0 unspecified atom stereocenters. The smallest absolute Gasteiger partial charge is 0.142 e. The molecule has 0 aliphatic carbocycles. The van der Waals surface area contributed by atoms with Gasteiger partial charge >= 0.3 is 0 Å². The molecule has 0 N–H and O–H groups in total. The van der Waals surface area contributed by atoms with Gasteiger partial charge in [-0.25, -0.2) is 9.97 Å². The quantitative estimate of drug-likeness (QED) is 0.627. The maximum atomic E-state index is 4.26. The van der Waals surface area contributed by atoms with E-state index < -0.39 is 0 Å². The molecule has 11 heavy (non-hydrogen) atoms. The lowest BCUT2D eigenvalue weighted by atomic mass is 10.4. The Labute approximate surface area is 67.1 Å². The fraction of sp³-hybridized carbons (Fsp3) is 0.500. The van der Waals surface area contributed by atoms with Gasteiger partial charge in [0, 0.05) is 11.9 Å². The zero-order valence-electron chi connectivity index (χ0n) is 7.20. The van der Waals surface area contributed by atoms with E-state index in [-0.39, 0.29) is 0 Å². The number of hydrogen-bond acceptors (Lipinski definition) is 3. The summed E-state index contributed by atoms with van der Waals surface area (Å²) in [4.78, 5) is 10.4. The highest BCUT2D eigenvalue weighted by atomic mass is 15.1. The third-order valence-corrected chi connectivity index (χ3v) is 1.30. The van der Waals surface area contributed by atoms with Crippen molar-refractivity contribution in [3.8, 4) is 0 Å². The van der Waals surface area contributed by atoms with Crippen LogP contribution in [0.5, 0.6) is 0 Å². The van der Waals surface area contributed by atoms with Gasteiger partial charge in [-0.15, -0.1) is 0 Å². The Morgan fingerprint density at radius 3 is 2.73 bits per heavy atom.